The minimum Gasteiger partial charge on any atom is -0.384 e. The summed E-state index contributed by atoms with van der Waals surface area (Å²) >= 11 is 0. The van der Waals surface area contributed by atoms with Crippen LogP contribution in [-0.2, 0) is 5.41 Å². The molecule has 0 bridgehead atoms. The molecule has 0 saturated heterocycles. The fraction of sp³-hybridized carbons (Fsp3) is 0.368. The molecule has 0 heterocycles. The van der Waals surface area contributed by atoms with Crippen LogP contribution in [0.15, 0.2) is 61.2 Å². The fourth-order valence-electron chi connectivity index (χ4n) is 2.04. The van der Waals surface area contributed by atoms with Crippen molar-refractivity contribution in [3.05, 3.63) is 72.4 Å². The van der Waals surface area contributed by atoms with Crippen LogP contribution < -0.4 is 0 Å². The molecule has 0 amide bonds. The zero-order valence-corrected chi connectivity index (χ0v) is 12.9. The maximum atomic E-state index is 10.4. The van der Waals surface area contributed by atoms with Gasteiger partial charge in [-0.3, -0.25) is 0 Å². The molecule has 1 unspecified atom stereocenters. The SMILES string of the molecule is C=CC/C=C(\C=C)C(O)c1ccc(C(C)(C)CC)cc1. The molecule has 1 aromatic carbocycles. The Balaban J connectivity index is 2.98. The van der Waals surface area contributed by atoms with Gasteiger partial charge in [-0.05, 0) is 35.0 Å². The molecule has 1 rings (SSSR count). The lowest BCUT2D eigenvalue weighted by atomic mass is 9.81. The lowest BCUT2D eigenvalue weighted by Gasteiger charge is -2.24. The van der Waals surface area contributed by atoms with Gasteiger partial charge in [0.15, 0.2) is 0 Å². The topological polar surface area (TPSA) is 20.2 Å². The first-order valence-corrected chi connectivity index (χ1v) is 7.18. The van der Waals surface area contributed by atoms with Gasteiger partial charge in [-0.25, -0.2) is 0 Å². The average Bonchev–Trinajstić information content (AvgIpc) is 2.48. The molecule has 1 aromatic rings. The number of benzene rings is 1. The summed E-state index contributed by atoms with van der Waals surface area (Å²) in [4.78, 5) is 0. The summed E-state index contributed by atoms with van der Waals surface area (Å²) in [6.45, 7) is 14.1. The smallest absolute Gasteiger partial charge is 0.104 e. The van der Waals surface area contributed by atoms with Crippen molar-refractivity contribution in [2.75, 3.05) is 0 Å². The number of aliphatic hydroxyl groups is 1. The Labute approximate surface area is 123 Å². The van der Waals surface area contributed by atoms with Crippen LogP contribution in [0.2, 0.25) is 0 Å². The molecule has 0 radical (unpaired) electrons. The van der Waals surface area contributed by atoms with E-state index in [9.17, 15) is 5.11 Å². The summed E-state index contributed by atoms with van der Waals surface area (Å²) in [5.74, 6) is 0. The van der Waals surface area contributed by atoms with Crippen LogP contribution in [0.3, 0.4) is 0 Å². The van der Waals surface area contributed by atoms with E-state index >= 15 is 0 Å². The summed E-state index contributed by atoms with van der Waals surface area (Å²) < 4.78 is 0. The van der Waals surface area contributed by atoms with Crippen LogP contribution in [0.25, 0.3) is 0 Å². The molecule has 0 fully saturated rings. The predicted octanol–water partition coefficient (Wildman–Crippen LogP) is 5.10. The number of allylic oxidation sites excluding steroid dienone is 2. The van der Waals surface area contributed by atoms with Gasteiger partial charge >= 0.3 is 0 Å². The highest BCUT2D eigenvalue weighted by Crippen LogP contribution is 2.29. The molecule has 1 nitrogen and oxygen atoms in total. The zero-order valence-electron chi connectivity index (χ0n) is 12.9. The Morgan fingerprint density at radius 3 is 2.30 bits per heavy atom. The molecule has 0 aliphatic heterocycles. The lowest BCUT2D eigenvalue weighted by molar-refractivity contribution is 0.219. The largest absolute Gasteiger partial charge is 0.384 e. The van der Waals surface area contributed by atoms with Crippen molar-refractivity contribution in [3.63, 3.8) is 0 Å². The van der Waals surface area contributed by atoms with Crippen LogP contribution in [0.5, 0.6) is 0 Å². The van der Waals surface area contributed by atoms with E-state index < -0.39 is 6.10 Å². The van der Waals surface area contributed by atoms with Crippen LogP contribution in [0, 0.1) is 0 Å². The van der Waals surface area contributed by atoms with E-state index in [1.807, 2.05) is 24.3 Å². The van der Waals surface area contributed by atoms with E-state index in [0.717, 1.165) is 24.0 Å². The Morgan fingerprint density at radius 1 is 1.25 bits per heavy atom. The first-order chi connectivity index (χ1) is 9.46. The van der Waals surface area contributed by atoms with Gasteiger partial charge in [0, 0.05) is 0 Å². The van der Waals surface area contributed by atoms with Crippen LogP contribution in [0.1, 0.15) is 50.8 Å². The van der Waals surface area contributed by atoms with Gasteiger partial charge < -0.3 is 5.11 Å². The monoisotopic (exact) mass is 270 g/mol. The Kier molecular flexibility index (Phi) is 5.97. The van der Waals surface area contributed by atoms with Crippen molar-refractivity contribution < 1.29 is 5.11 Å². The second-order valence-electron chi connectivity index (χ2n) is 5.69. The molecule has 108 valence electrons. The average molecular weight is 270 g/mol. The second-order valence-corrected chi connectivity index (χ2v) is 5.69. The summed E-state index contributed by atoms with van der Waals surface area (Å²) in [5.41, 5.74) is 3.19. The van der Waals surface area contributed by atoms with Gasteiger partial charge in [0.2, 0.25) is 0 Å². The lowest BCUT2D eigenvalue weighted by Crippen LogP contribution is -2.15. The minimum atomic E-state index is -0.619. The third-order valence-electron chi connectivity index (χ3n) is 3.96. The van der Waals surface area contributed by atoms with Crippen LogP contribution >= 0.6 is 0 Å². The van der Waals surface area contributed by atoms with Crippen molar-refractivity contribution in [3.8, 4) is 0 Å². The number of rotatable bonds is 7. The maximum Gasteiger partial charge on any atom is 0.104 e. The maximum absolute atomic E-state index is 10.4. The van der Waals surface area contributed by atoms with Gasteiger partial charge in [0.25, 0.3) is 0 Å². The van der Waals surface area contributed by atoms with E-state index in [-0.39, 0.29) is 5.41 Å². The van der Waals surface area contributed by atoms with Crippen molar-refractivity contribution >= 4 is 0 Å². The highest BCUT2D eigenvalue weighted by molar-refractivity contribution is 5.35. The molecule has 1 heteroatoms. The quantitative estimate of drug-likeness (QED) is 0.540. The summed E-state index contributed by atoms with van der Waals surface area (Å²) in [6, 6.07) is 8.22. The minimum absolute atomic E-state index is 0.170. The molecule has 0 aromatic heterocycles. The van der Waals surface area contributed by atoms with Gasteiger partial charge in [-0.15, -0.1) is 6.58 Å². The first kappa shape index (κ1) is 16.5. The molecule has 0 aliphatic rings. The third kappa shape index (κ3) is 3.94. The van der Waals surface area contributed by atoms with Crippen LogP contribution in [-0.4, -0.2) is 5.11 Å². The zero-order chi connectivity index (χ0) is 15.2. The first-order valence-electron chi connectivity index (χ1n) is 7.18. The van der Waals surface area contributed by atoms with Crippen molar-refractivity contribution in [1.82, 2.24) is 0 Å². The van der Waals surface area contributed by atoms with E-state index in [0.29, 0.717) is 0 Å². The fourth-order valence-corrected chi connectivity index (χ4v) is 2.04. The third-order valence-corrected chi connectivity index (χ3v) is 3.96. The van der Waals surface area contributed by atoms with Crippen molar-refractivity contribution in [2.24, 2.45) is 0 Å². The number of aliphatic hydroxyl groups excluding tert-OH is 1. The molecule has 1 N–H and O–H groups in total. The predicted molar refractivity (Wildman–Crippen MR) is 87.8 cm³/mol. The highest BCUT2D eigenvalue weighted by Gasteiger charge is 2.18. The summed E-state index contributed by atoms with van der Waals surface area (Å²) in [6.07, 6.45) is 6.67. The van der Waals surface area contributed by atoms with Crippen molar-refractivity contribution in [1.29, 1.82) is 0 Å². The summed E-state index contributed by atoms with van der Waals surface area (Å²) in [7, 11) is 0. The summed E-state index contributed by atoms with van der Waals surface area (Å²) in [5, 5.41) is 10.4. The molecule has 0 aliphatic carbocycles. The normalized spacial score (nSPS) is 13.9. The van der Waals surface area contributed by atoms with Gasteiger partial charge in [0.05, 0.1) is 0 Å². The number of hydrogen-bond acceptors (Lipinski definition) is 1. The molecule has 20 heavy (non-hydrogen) atoms. The highest BCUT2D eigenvalue weighted by atomic mass is 16.3. The van der Waals surface area contributed by atoms with Gasteiger partial charge in [-0.1, -0.05) is 69.8 Å². The second kappa shape index (κ2) is 7.25. The van der Waals surface area contributed by atoms with E-state index in [4.69, 9.17) is 0 Å². The Hall–Kier alpha value is -1.60. The van der Waals surface area contributed by atoms with Crippen LogP contribution in [0.4, 0.5) is 0 Å². The van der Waals surface area contributed by atoms with E-state index in [1.54, 1.807) is 6.08 Å². The van der Waals surface area contributed by atoms with E-state index in [2.05, 4.69) is 46.1 Å². The van der Waals surface area contributed by atoms with Gasteiger partial charge in [0.1, 0.15) is 6.10 Å². The standard InChI is InChI=1S/C19H26O/c1-6-9-10-15(7-2)18(20)16-11-13-17(14-12-16)19(4,5)8-3/h6-7,10-14,18,20H,1-2,8-9H2,3-5H3/b15-10+. The Bertz CT molecular complexity index is 477. The number of hydrogen-bond donors (Lipinski definition) is 1. The molecular weight excluding hydrogens is 244 g/mol. The molecule has 0 saturated carbocycles. The van der Waals surface area contributed by atoms with Crippen molar-refractivity contribution in [2.45, 2.75) is 45.1 Å². The molecular formula is C19H26O. The van der Waals surface area contributed by atoms with E-state index in [1.165, 1.54) is 5.56 Å². The molecule has 0 spiro atoms. The van der Waals surface area contributed by atoms with Gasteiger partial charge in [-0.2, -0.15) is 0 Å². The Morgan fingerprint density at radius 2 is 1.85 bits per heavy atom. The molecule has 1 atom stereocenters.